The van der Waals surface area contributed by atoms with E-state index in [-0.39, 0.29) is 12.3 Å². The number of nitrogens with one attached hydrogen (secondary N) is 1. The Morgan fingerprint density at radius 2 is 2.17 bits per heavy atom. The topological polar surface area (TPSA) is 101 Å². The number of methoxy groups -OCH3 is 1. The molecule has 0 bridgehead atoms. The van der Waals surface area contributed by atoms with Crippen LogP contribution in [0.15, 0.2) is 21.7 Å². The van der Waals surface area contributed by atoms with Crippen molar-refractivity contribution >= 4 is 27.3 Å². The second-order valence-electron chi connectivity index (χ2n) is 3.10. The number of aliphatic hydroxyl groups excluding tert-OH is 1. The van der Waals surface area contributed by atoms with Crippen LogP contribution >= 0.6 is 15.9 Å². The predicted octanol–water partition coefficient (Wildman–Crippen LogP) is 1.77. The molecule has 6 nitrogen and oxygen atoms in total. The monoisotopic (exact) mass is 308 g/mol. The summed E-state index contributed by atoms with van der Waals surface area (Å²) in [6.07, 6.45) is 0. The van der Waals surface area contributed by atoms with Crippen LogP contribution in [-0.2, 0) is 6.61 Å². The number of anilines is 1. The molecular weight excluding hydrogens is 300 g/mol. The number of rotatable bonds is 4. The molecule has 0 aromatic heterocycles. The molecular formula is C11H9BrN4O2. The first-order valence-electron chi connectivity index (χ1n) is 4.77. The zero-order valence-electron chi connectivity index (χ0n) is 9.44. The van der Waals surface area contributed by atoms with E-state index >= 15 is 0 Å². The number of nitriles is 2. The zero-order chi connectivity index (χ0) is 13.5. The van der Waals surface area contributed by atoms with Crippen LogP contribution < -0.4 is 10.2 Å². The maximum absolute atomic E-state index is 9.25. The van der Waals surface area contributed by atoms with Gasteiger partial charge in [-0.3, -0.25) is 5.43 Å². The molecule has 7 heteroatoms. The molecule has 0 amide bonds. The number of hydrogen-bond acceptors (Lipinski definition) is 6. The highest BCUT2D eigenvalue weighted by Crippen LogP contribution is 2.32. The average Bonchev–Trinajstić information content (AvgIpc) is 2.40. The Balaban J connectivity index is 3.19. The Kier molecular flexibility index (Phi) is 5.12. The summed E-state index contributed by atoms with van der Waals surface area (Å²) < 4.78 is 5.86. The van der Waals surface area contributed by atoms with Crippen LogP contribution in [0.25, 0.3) is 0 Å². The number of ether oxygens (including phenoxy) is 1. The maximum Gasteiger partial charge on any atom is 0.237 e. The van der Waals surface area contributed by atoms with Gasteiger partial charge in [0.15, 0.2) is 0 Å². The van der Waals surface area contributed by atoms with Crippen LogP contribution in [-0.4, -0.2) is 17.9 Å². The van der Waals surface area contributed by atoms with Crippen LogP contribution in [0.4, 0.5) is 5.69 Å². The van der Waals surface area contributed by atoms with E-state index < -0.39 is 0 Å². The van der Waals surface area contributed by atoms with Gasteiger partial charge in [0.2, 0.25) is 5.71 Å². The first-order chi connectivity index (χ1) is 8.65. The summed E-state index contributed by atoms with van der Waals surface area (Å²) in [5.41, 5.74) is 3.17. The van der Waals surface area contributed by atoms with Crippen molar-refractivity contribution in [3.63, 3.8) is 0 Å². The summed E-state index contributed by atoms with van der Waals surface area (Å²) >= 11 is 3.28. The van der Waals surface area contributed by atoms with E-state index in [4.69, 9.17) is 15.3 Å². The van der Waals surface area contributed by atoms with Gasteiger partial charge in [-0.05, 0) is 12.1 Å². The van der Waals surface area contributed by atoms with Gasteiger partial charge in [-0.1, -0.05) is 15.9 Å². The molecule has 92 valence electrons. The molecule has 0 fully saturated rings. The third kappa shape index (κ3) is 3.20. The molecule has 0 aliphatic carbocycles. The molecule has 1 rings (SSSR count). The maximum atomic E-state index is 9.25. The fourth-order valence-electron chi connectivity index (χ4n) is 1.24. The van der Waals surface area contributed by atoms with Crippen molar-refractivity contribution in [1.29, 1.82) is 10.5 Å². The van der Waals surface area contributed by atoms with Crippen molar-refractivity contribution in [2.45, 2.75) is 6.61 Å². The van der Waals surface area contributed by atoms with Crippen molar-refractivity contribution in [1.82, 2.24) is 0 Å². The van der Waals surface area contributed by atoms with E-state index in [1.807, 2.05) is 0 Å². The first-order valence-corrected chi connectivity index (χ1v) is 5.56. The summed E-state index contributed by atoms with van der Waals surface area (Å²) in [4.78, 5) is 0. The molecule has 0 aliphatic rings. The van der Waals surface area contributed by atoms with Gasteiger partial charge in [0.1, 0.15) is 23.6 Å². The summed E-state index contributed by atoms with van der Waals surface area (Å²) in [6.45, 7) is -0.234. The fourth-order valence-corrected chi connectivity index (χ4v) is 1.72. The fraction of sp³-hybridized carbons (Fsp3) is 0.182. The van der Waals surface area contributed by atoms with E-state index in [1.54, 1.807) is 24.3 Å². The van der Waals surface area contributed by atoms with E-state index in [0.29, 0.717) is 17.0 Å². The van der Waals surface area contributed by atoms with Crippen molar-refractivity contribution in [3.05, 3.63) is 22.2 Å². The average molecular weight is 309 g/mol. The Morgan fingerprint density at radius 3 is 2.67 bits per heavy atom. The van der Waals surface area contributed by atoms with Gasteiger partial charge in [0.05, 0.1) is 13.7 Å². The molecule has 0 saturated heterocycles. The van der Waals surface area contributed by atoms with E-state index in [0.717, 1.165) is 4.47 Å². The number of halogens is 1. The smallest absolute Gasteiger partial charge is 0.237 e. The van der Waals surface area contributed by atoms with Gasteiger partial charge in [-0.25, -0.2) is 0 Å². The zero-order valence-corrected chi connectivity index (χ0v) is 11.0. The Hall–Kier alpha value is -2.09. The molecule has 1 aromatic carbocycles. The highest BCUT2D eigenvalue weighted by molar-refractivity contribution is 9.10. The lowest BCUT2D eigenvalue weighted by molar-refractivity contribution is 0.281. The molecule has 0 spiro atoms. The summed E-state index contributed by atoms with van der Waals surface area (Å²) in [5, 5.41) is 30.0. The number of hydrazone groups is 1. The second kappa shape index (κ2) is 6.60. The lowest BCUT2D eigenvalue weighted by Gasteiger charge is -2.12. The Morgan fingerprint density at radius 1 is 1.50 bits per heavy atom. The van der Waals surface area contributed by atoms with Crippen molar-refractivity contribution < 1.29 is 9.84 Å². The second-order valence-corrected chi connectivity index (χ2v) is 4.01. The van der Waals surface area contributed by atoms with E-state index in [1.165, 1.54) is 7.11 Å². The quantitative estimate of drug-likeness (QED) is 0.652. The SMILES string of the molecule is COc1cc(Br)cc(CO)c1NN=C(C#N)C#N. The number of aliphatic hydroxyl groups is 1. The minimum atomic E-state index is -0.316. The molecule has 0 radical (unpaired) electrons. The summed E-state index contributed by atoms with van der Waals surface area (Å²) in [5.74, 6) is 0.437. The summed E-state index contributed by atoms with van der Waals surface area (Å²) in [7, 11) is 1.47. The van der Waals surface area contributed by atoms with Gasteiger partial charge in [-0.2, -0.15) is 15.6 Å². The van der Waals surface area contributed by atoms with Gasteiger partial charge < -0.3 is 9.84 Å². The minimum absolute atomic E-state index is 0.234. The molecule has 0 aliphatic heterocycles. The molecule has 0 unspecified atom stereocenters. The van der Waals surface area contributed by atoms with Crippen molar-refractivity contribution in [2.75, 3.05) is 12.5 Å². The normalized spacial score (nSPS) is 8.94. The Labute approximate surface area is 112 Å². The van der Waals surface area contributed by atoms with Crippen LogP contribution in [0.1, 0.15) is 5.56 Å². The van der Waals surface area contributed by atoms with E-state index in [9.17, 15) is 5.11 Å². The minimum Gasteiger partial charge on any atom is -0.494 e. The number of nitrogens with zero attached hydrogens (tertiary/aromatic N) is 3. The van der Waals surface area contributed by atoms with Gasteiger partial charge in [-0.15, -0.1) is 0 Å². The van der Waals surface area contributed by atoms with Crippen LogP contribution in [0.5, 0.6) is 5.75 Å². The predicted molar refractivity (Wildman–Crippen MR) is 68.9 cm³/mol. The van der Waals surface area contributed by atoms with Crippen LogP contribution in [0.2, 0.25) is 0 Å². The third-order valence-corrected chi connectivity index (χ3v) is 2.49. The molecule has 0 atom stereocenters. The standard InChI is InChI=1S/C11H9BrN4O2/c1-18-10-3-8(12)2-7(6-17)11(10)16-15-9(4-13)5-14/h2-3,16-17H,6H2,1H3. The molecule has 0 saturated carbocycles. The summed E-state index contributed by atoms with van der Waals surface area (Å²) in [6, 6.07) is 6.60. The van der Waals surface area contributed by atoms with Crippen molar-refractivity contribution in [2.24, 2.45) is 5.10 Å². The highest BCUT2D eigenvalue weighted by Gasteiger charge is 2.10. The van der Waals surface area contributed by atoms with Crippen LogP contribution in [0.3, 0.4) is 0 Å². The Bertz CT molecular complexity index is 516. The van der Waals surface area contributed by atoms with E-state index in [2.05, 4.69) is 26.5 Å². The number of benzene rings is 1. The molecule has 0 heterocycles. The van der Waals surface area contributed by atoms with Gasteiger partial charge >= 0.3 is 0 Å². The molecule has 2 N–H and O–H groups in total. The van der Waals surface area contributed by atoms with Crippen LogP contribution in [0, 0.1) is 22.7 Å². The van der Waals surface area contributed by atoms with Gasteiger partial charge in [0, 0.05) is 10.0 Å². The number of hydrogen-bond donors (Lipinski definition) is 2. The third-order valence-electron chi connectivity index (χ3n) is 2.03. The largest absolute Gasteiger partial charge is 0.494 e. The molecule has 18 heavy (non-hydrogen) atoms. The lowest BCUT2D eigenvalue weighted by atomic mass is 10.2. The lowest BCUT2D eigenvalue weighted by Crippen LogP contribution is -2.02. The molecule has 1 aromatic rings. The highest BCUT2D eigenvalue weighted by atomic mass is 79.9. The van der Waals surface area contributed by atoms with Crippen molar-refractivity contribution in [3.8, 4) is 17.9 Å². The first kappa shape index (κ1) is 14.0. The van der Waals surface area contributed by atoms with Gasteiger partial charge in [0.25, 0.3) is 0 Å².